The SMILES string of the molecule is Cn1cc(CN)c(-c2ccc3[nH]c(=O)oc3c2)n1. The number of aromatic amines is 1. The molecule has 0 aliphatic rings. The molecule has 1 aromatic carbocycles. The number of nitrogens with two attached hydrogens (primary N) is 1. The lowest BCUT2D eigenvalue weighted by molar-refractivity contribution is 0.555. The van der Waals surface area contributed by atoms with Crippen LogP contribution < -0.4 is 11.5 Å². The van der Waals surface area contributed by atoms with Crippen LogP contribution >= 0.6 is 0 Å². The van der Waals surface area contributed by atoms with Crippen molar-refractivity contribution in [1.82, 2.24) is 14.8 Å². The zero-order valence-corrected chi connectivity index (χ0v) is 9.80. The van der Waals surface area contributed by atoms with E-state index in [-0.39, 0.29) is 0 Å². The molecule has 3 aromatic rings. The van der Waals surface area contributed by atoms with Crippen molar-refractivity contribution in [2.75, 3.05) is 0 Å². The molecule has 3 N–H and O–H groups in total. The van der Waals surface area contributed by atoms with Gasteiger partial charge in [0.05, 0.1) is 11.2 Å². The number of H-pyrrole nitrogens is 1. The molecule has 0 aliphatic carbocycles. The minimum absolute atomic E-state index is 0.415. The quantitative estimate of drug-likeness (QED) is 0.703. The lowest BCUT2D eigenvalue weighted by atomic mass is 10.1. The number of hydrogen-bond donors (Lipinski definition) is 2. The molecule has 0 bridgehead atoms. The van der Waals surface area contributed by atoms with Crippen LogP contribution in [0.5, 0.6) is 0 Å². The smallest absolute Gasteiger partial charge is 0.408 e. The van der Waals surface area contributed by atoms with Crippen LogP contribution in [0.3, 0.4) is 0 Å². The topological polar surface area (TPSA) is 89.8 Å². The lowest BCUT2D eigenvalue weighted by Gasteiger charge is -1.99. The van der Waals surface area contributed by atoms with Crippen LogP contribution in [0, 0.1) is 0 Å². The first kappa shape index (κ1) is 10.8. The van der Waals surface area contributed by atoms with Gasteiger partial charge in [0.15, 0.2) is 5.58 Å². The fraction of sp³-hybridized carbons (Fsp3) is 0.167. The Hall–Kier alpha value is -2.34. The predicted molar refractivity (Wildman–Crippen MR) is 66.9 cm³/mol. The first-order valence-corrected chi connectivity index (χ1v) is 5.53. The molecule has 0 saturated heterocycles. The van der Waals surface area contributed by atoms with Gasteiger partial charge in [-0.2, -0.15) is 5.10 Å². The summed E-state index contributed by atoms with van der Waals surface area (Å²) < 4.78 is 6.75. The molecule has 0 unspecified atom stereocenters. The third kappa shape index (κ3) is 1.63. The van der Waals surface area contributed by atoms with Crippen molar-refractivity contribution in [3.05, 3.63) is 40.5 Å². The summed E-state index contributed by atoms with van der Waals surface area (Å²) in [5.74, 6) is -0.456. The Kier molecular flexibility index (Phi) is 2.31. The van der Waals surface area contributed by atoms with E-state index in [1.165, 1.54) is 0 Å². The van der Waals surface area contributed by atoms with Crippen LogP contribution in [0.25, 0.3) is 22.4 Å². The van der Waals surface area contributed by atoms with Gasteiger partial charge in [0.25, 0.3) is 0 Å². The molecule has 6 nitrogen and oxygen atoms in total. The number of aromatic nitrogens is 3. The van der Waals surface area contributed by atoms with Gasteiger partial charge in [0.2, 0.25) is 0 Å². The lowest BCUT2D eigenvalue weighted by Crippen LogP contribution is -1.96. The second-order valence-electron chi connectivity index (χ2n) is 4.11. The minimum Gasteiger partial charge on any atom is -0.408 e. The van der Waals surface area contributed by atoms with Crippen molar-refractivity contribution in [2.45, 2.75) is 6.54 Å². The second kappa shape index (κ2) is 3.85. The van der Waals surface area contributed by atoms with Gasteiger partial charge in [0.1, 0.15) is 0 Å². The molecule has 2 aromatic heterocycles. The molecule has 2 heterocycles. The fourth-order valence-electron chi connectivity index (χ4n) is 2.02. The molecule has 0 radical (unpaired) electrons. The van der Waals surface area contributed by atoms with Crippen molar-refractivity contribution >= 4 is 11.1 Å². The monoisotopic (exact) mass is 244 g/mol. The van der Waals surface area contributed by atoms with Gasteiger partial charge in [-0.15, -0.1) is 0 Å². The number of aryl methyl sites for hydroxylation is 1. The molecule has 0 fully saturated rings. The molecule has 3 rings (SSSR count). The zero-order valence-electron chi connectivity index (χ0n) is 9.80. The van der Waals surface area contributed by atoms with Crippen molar-refractivity contribution in [3.8, 4) is 11.3 Å². The summed E-state index contributed by atoms with van der Waals surface area (Å²) in [6.45, 7) is 0.415. The van der Waals surface area contributed by atoms with Crippen LogP contribution in [0.15, 0.2) is 33.6 Å². The van der Waals surface area contributed by atoms with E-state index in [1.54, 1.807) is 16.8 Å². The van der Waals surface area contributed by atoms with Crippen LogP contribution in [0.1, 0.15) is 5.56 Å². The second-order valence-corrected chi connectivity index (χ2v) is 4.11. The summed E-state index contributed by atoms with van der Waals surface area (Å²) in [7, 11) is 1.84. The molecule has 18 heavy (non-hydrogen) atoms. The maximum atomic E-state index is 11.1. The summed E-state index contributed by atoms with van der Waals surface area (Å²) in [4.78, 5) is 13.7. The van der Waals surface area contributed by atoms with Crippen LogP contribution in [0.2, 0.25) is 0 Å². The van der Waals surface area contributed by atoms with Gasteiger partial charge in [-0.1, -0.05) is 6.07 Å². The van der Waals surface area contributed by atoms with E-state index in [0.717, 1.165) is 16.8 Å². The van der Waals surface area contributed by atoms with Crippen LogP contribution in [-0.4, -0.2) is 14.8 Å². The van der Waals surface area contributed by atoms with E-state index in [4.69, 9.17) is 10.2 Å². The molecule has 0 spiro atoms. The summed E-state index contributed by atoms with van der Waals surface area (Å²) >= 11 is 0. The highest BCUT2D eigenvalue weighted by Crippen LogP contribution is 2.24. The Morgan fingerprint density at radius 1 is 1.50 bits per heavy atom. The number of benzene rings is 1. The summed E-state index contributed by atoms with van der Waals surface area (Å²) in [6, 6.07) is 5.47. The molecule has 0 amide bonds. The largest absolute Gasteiger partial charge is 0.417 e. The molecule has 0 aliphatic heterocycles. The zero-order chi connectivity index (χ0) is 12.7. The highest BCUT2D eigenvalue weighted by atomic mass is 16.4. The number of hydrogen-bond acceptors (Lipinski definition) is 4. The number of nitrogens with one attached hydrogen (secondary N) is 1. The number of fused-ring (bicyclic) bond motifs is 1. The molecular weight excluding hydrogens is 232 g/mol. The highest BCUT2D eigenvalue weighted by Gasteiger charge is 2.10. The van der Waals surface area contributed by atoms with E-state index in [1.807, 2.05) is 19.3 Å². The Morgan fingerprint density at radius 3 is 3.11 bits per heavy atom. The molecule has 0 saturated carbocycles. The van der Waals surface area contributed by atoms with E-state index in [0.29, 0.717) is 17.6 Å². The minimum atomic E-state index is -0.456. The van der Waals surface area contributed by atoms with E-state index in [9.17, 15) is 4.79 Å². The molecule has 0 atom stereocenters. The first-order chi connectivity index (χ1) is 8.67. The molecular formula is C12H12N4O2. The third-order valence-corrected chi connectivity index (χ3v) is 2.82. The summed E-state index contributed by atoms with van der Waals surface area (Å²) in [6.07, 6.45) is 1.88. The van der Waals surface area contributed by atoms with Crippen molar-refractivity contribution in [1.29, 1.82) is 0 Å². The van der Waals surface area contributed by atoms with Crippen molar-refractivity contribution in [3.63, 3.8) is 0 Å². The van der Waals surface area contributed by atoms with Gasteiger partial charge in [0, 0.05) is 30.9 Å². The Morgan fingerprint density at radius 2 is 2.33 bits per heavy atom. The number of nitrogens with zero attached hydrogens (tertiary/aromatic N) is 2. The first-order valence-electron chi connectivity index (χ1n) is 5.53. The van der Waals surface area contributed by atoms with Gasteiger partial charge in [-0.25, -0.2) is 4.79 Å². The van der Waals surface area contributed by atoms with Gasteiger partial charge in [-0.3, -0.25) is 9.67 Å². The summed E-state index contributed by atoms with van der Waals surface area (Å²) in [5, 5.41) is 4.37. The van der Waals surface area contributed by atoms with Crippen LogP contribution in [-0.2, 0) is 13.6 Å². The van der Waals surface area contributed by atoms with E-state index in [2.05, 4.69) is 10.1 Å². The van der Waals surface area contributed by atoms with Crippen molar-refractivity contribution in [2.24, 2.45) is 12.8 Å². The maximum absolute atomic E-state index is 11.1. The van der Waals surface area contributed by atoms with E-state index >= 15 is 0 Å². The average molecular weight is 244 g/mol. The van der Waals surface area contributed by atoms with Gasteiger partial charge in [-0.05, 0) is 12.1 Å². The van der Waals surface area contributed by atoms with Crippen molar-refractivity contribution < 1.29 is 4.42 Å². The maximum Gasteiger partial charge on any atom is 0.417 e. The Bertz CT molecular complexity index is 766. The fourth-order valence-corrected chi connectivity index (χ4v) is 2.02. The average Bonchev–Trinajstić information content (AvgIpc) is 2.89. The van der Waals surface area contributed by atoms with Crippen LogP contribution in [0.4, 0.5) is 0 Å². The highest BCUT2D eigenvalue weighted by molar-refractivity contribution is 5.79. The third-order valence-electron chi connectivity index (χ3n) is 2.82. The normalized spacial score (nSPS) is 11.2. The Balaban J connectivity index is 2.21. The standard InChI is InChI=1S/C12H12N4O2/c1-16-6-8(5-13)11(15-16)7-2-3-9-10(4-7)18-12(17)14-9/h2-4,6H,5,13H2,1H3,(H,14,17). The molecule has 92 valence electrons. The summed E-state index contributed by atoms with van der Waals surface area (Å²) in [5.41, 5.74) is 9.52. The number of oxazole rings is 1. The van der Waals surface area contributed by atoms with Gasteiger partial charge >= 0.3 is 5.76 Å². The molecule has 6 heteroatoms. The Labute approximate surface area is 102 Å². The van der Waals surface area contributed by atoms with Gasteiger partial charge < -0.3 is 10.2 Å². The predicted octanol–water partition coefficient (Wildman–Crippen LogP) is 0.980. The number of rotatable bonds is 2. The van der Waals surface area contributed by atoms with E-state index < -0.39 is 5.76 Å².